The first-order valence-corrected chi connectivity index (χ1v) is 10.9. The molecule has 0 aliphatic carbocycles. The summed E-state index contributed by atoms with van der Waals surface area (Å²) in [6.45, 7) is 0.245. The number of benzene rings is 6. The van der Waals surface area contributed by atoms with Gasteiger partial charge < -0.3 is 9.84 Å². The molecule has 0 atom stereocenters. The number of aliphatic hydroxyl groups is 1. The van der Waals surface area contributed by atoms with E-state index in [2.05, 4.69) is 97.1 Å². The van der Waals surface area contributed by atoms with Crippen molar-refractivity contribution in [2.45, 2.75) is 0 Å². The van der Waals surface area contributed by atoms with Crippen LogP contribution >= 0.6 is 0 Å². The van der Waals surface area contributed by atoms with Crippen LogP contribution in [0.4, 0.5) is 0 Å². The maximum Gasteiger partial charge on any atom is 0.127 e. The molecule has 0 unspecified atom stereocenters. The average molecular weight is 415 g/mol. The number of fused-ring (bicyclic) bond motifs is 6. The molecule has 154 valence electrons. The van der Waals surface area contributed by atoms with Crippen molar-refractivity contribution < 1.29 is 9.84 Å². The maximum atomic E-state index is 9.41. The van der Waals surface area contributed by atoms with E-state index in [-0.39, 0.29) is 13.2 Å². The summed E-state index contributed by atoms with van der Waals surface area (Å²) in [5.74, 6) is 0.794. The Morgan fingerprint density at radius 3 is 1.81 bits per heavy atom. The molecule has 6 rings (SSSR count). The van der Waals surface area contributed by atoms with Crippen LogP contribution in [0.25, 0.3) is 54.2 Å². The van der Waals surface area contributed by atoms with Crippen LogP contribution < -0.4 is 4.74 Å². The zero-order valence-corrected chi connectivity index (χ0v) is 17.6. The van der Waals surface area contributed by atoms with Gasteiger partial charge in [-0.05, 0) is 54.7 Å². The molecule has 2 nitrogen and oxygen atoms in total. The smallest absolute Gasteiger partial charge is 0.127 e. The van der Waals surface area contributed by atoms with Gasteiger partial charge in [-0.25, -0.2) is 0 Å². The molecule has 0 aliphatic heterocycles. The molecule has 0 bridgehead atoms. The molecule has 0 aliphatic rings. The molecule has 6 aromatic rings. The third kappa shape index (κ3) is 2.92. The summed E-state index contributed by atoms with van der Waals surface area (Å²) in [6, 6.07) is 36.4. The summed E-state index contributed by atoms with van der Waals surface area (Å²) >= 11 is 0. The van der Waals surface area contributed by atoms with Crippen LogP contribution in [0.3, 0.4) is 0 Å². The molecule has 0 spiro atoms. The van der Waals surface area contributed by atoms with Gasteiger partial charge in [0.15, 0.2) is 0 Å². The predicted molar refractivity (Wildman–Crippen MR) is 134 cm³/mol. The van der Waals surface area contributed by atoms with Gasteiger partial charge in [0.1, 0.15) is 12.4 Å². The molecule has 32 heavy (non-hydrogen) atoms. The lowest BCUT2D eigenvalue weighted by Gasteiger charge is -2.17. The fraction of sp³-hybridized carbons (Fsp3) is 0.0667. The van der Waals surface area contributed by atoms with Crippen molar-refractivity contribution in [3.05, 3.63) is 103 Å². The number of hydrogen-bond acceptors (Lipinski definition) is 2. The molecule has 0 saturated carbocycles. The Morgan fingerprint density at radius 2 is 1.09 bits per heavy atom. The lowest BCUT2D eigenvalue weighted by molar-refractivity contribution is 0.202. The van der Waals surface area contributed by atoms with E-state index >= 15 is 0 Å². The largest absolute Gasteiger partial charge is 0.491 e. The standard InChI is InChI=1S/C30H22O2/c31-18-19-32-29-17-16-25-23-9-4-2-7-21(23)13-15-28(25)30(29)27-11-5-10-24-22-8-3-1-6-20(22)12-14-26(24)27/h1-17,31H,18-19H2. The Bertz CT molecular complexity index is 1610. The molecule has 0 radical (unpaired) electrons. The second-order valence-electron chi connectivity index (χ2n) is 8.08. The molecule has 6 aromatic carbocycles. The quantitative estimate of drug-likeness (QED) is 0.306. The normalized spacial score (nSPS) is 11.5. The van der Waals surface area contributed by atoms with Crippen LogP contribution in [-0.4, -0.2) is 18.3 Å². The fourth-order valence-corrected chi connectivity index (χ4v) is 4.88. The average Bonchev–Trinajstić information content (AvgIpc) is 2.86. The van der Waals surface area contributed by atoms with Crippen LogP contribution in [0.15, 0.2) is 103 Å². The van der Waals surface area contributed by atoms with Gasteiger partial charge in [0.25, 0.3) is 0 Å². The summed E-state index contributed by atoms with van der Waals surface area (Å²) in [5, 5.41) is 19.1. The van der Waals surface area contributed by atoms with E-state index in [4.69, 9.17) is 4.74 Å². The van der Waals surface area contributed by atoms with Crippen LogP contribution in [0.1, 0.15) is 0 Å². The highest BCUT2D eigenvalue weighted by molar-refractivity contribution is 6.18. The van der Waals surface area contributed by atoms with Gasteiger partial charge in [0.2, 0.25) is 0 Å². The lowest BCUT2D eigenvalue weighted by Crippen LogP contribution is -2.03. The van der Waals surface area contributed by atoms with Gasteiger partial charge in [0.05, 0.1) is 6.61 Å². The number of rotatable bonds is 4. The molecule has 0 heterocycles. The minimum absolute atomic E-state index is 0.0185. The molecular formula is C30H22O2. The van der Waals surface area contributed by atoms with E-state index < -0.39 is 0 Å². The van der Waals surface area contributed by atoms with Gasteiger partial charge in [-0.1, -0.05) is 97.1 Å². The summed E-state index contributed by atoms with van der Waals surface area (Å²) in [7, 11) is 0. The van der Waals surface area contributed by atoms with Gasteiger partial charge in [-0.2, -0.15) is 0 Å². The topological polar surface area (TPSA) is 29.5 Å². The van der Waals surface area contributed by atoms with Gasteiger partial charge in [0, 0.05) is 5.56 Å². The zero-order valence-electron chi connectivity index (χ0n) is 17.6. The Morgan fingerprint density at radius 1 is 0.500 bits per heavy atom. The van der Waals surface area contributed by atoms with E-state index in [0.29, 0.717) is 0 Å². The third-order valence-electron chi connectivity index (χ3n) is 6.29. The number of ether oxygens (including phenoxy) is 1. The second kappa shape index (κ2) is 7.67. The highest BCUT2D eigenvalue weighted by Gasteiger charge is 2.16. The summed E-state index contributed by atoms with van der Waals surface area (Å²) < 4.78 is 6.05. The summed E-state index contributed by atoms with van der Waals surface area (Å²) in [4.78, 5) is 0. The maximum absolute atomic E-state index is 9.41. The first-order valence-electron chi connectivity index (χ1n) is 10.9. The summed E-state index contributed by atoms with van der Waals surface area (Å²) in [5.41, 5.74) is 2.21. The molecule has 1 N–H and O–H groups in total. The van der Waals surface area contributed by atoms with Crippen molar-refractivity contribution in [1.29, 1.82) is 0 Å². The minimum atomic E-state index is -0.0185. The number of aliphatic hydroxyl groups excluding tert-OH is 1. The fourth-order valence-electron chi connectivity index (χ4n) is 4.88. The Kier molecular flexibility index (Phi) is 4.52. The Hall–Kier alpha value is -3.88. The third-order valence-corrected chi connectivity index (χ3v) is 6.29. The van der Waals surface area contributed by atoms with Crippen LogP contribution in [-0.2, 0) is 0 Å². The van der Waals surface area contributed by atoms with Crippen LogP contribution in [0, 0.1) is 0 Å². The minimum Gasteiger partial charge on any atom is -0.491 e. The zero-order chi connectivity index (χ0) is 21.5. The highest BCUT2D eigenvalue weighted by atomic mass is 16.5. The molecule has 0 saturated heterocycles. The monoisotopic (exact) mass is 414 g/mol. The van der Waals surface area contributed by atoms with E-state index in [1.165, 1.54) is 37.7 Å². The van der Waals surface area contributed by atoms with E-state index in [9.17, 15) is 5.11 Å². The van der Waals surface area contributed by atoms with Crippen molar-refractivity contribution in [3.63, 3.8) is 0 Å². The van der Waals surface area contributed by atoms with E-state index in [0.717, 1.165) is 22.3 Å². The molecule has 0 aromatic heterocycles. The van der Waals surface area contributed by atoms with E-state index in [1.807, 2.05) is 6.07 Å². The van der Waals surface area contributed by atoms with Gasteiger partial charge >= 0.3 is 0 Å². The predicted octanol–water partition coefficient (Wildman–Crippen LogP) is 7.34. The first-order chi connectivity index (χ1) is 15.8. The van der Waals surface area contributed by atoms with Gasteiger partial charge in [-0.15, -0.1) is 0 Å². The number of hydrogen-bond donors (Lipinski definition) is 1. The SMILES string of the molecule is OCCOc1ccc2c(ccc3ccccc32)c1-c1cccc2c1ccc1ccccc12. The van der Waals surface area contributed by atoms with Crippen molar-refractivity contribution in [3.8, 4) is 16.9 Å². The van der Waals surface area contributed by atoms with Crippen molar-refractivity contribution in [2.75, 3.05) is 13.2 Å². The van der Waals surface area contributed by atoms with Crippen LogP contribution in [0.2, 0.25) is 0 Å². The van der Waals surface area contributed by atoms with Crippen molar-refractivity contribution in [1.82, 2.24) is 0 Å². The van der Waals surface area contributed by atoms with E-state index in [1.54, 1.807) is 0 Å². The molecule has 2 heteroatoms. The molecule has 0 amide bonds. The first kappa shape index (κ1) is 18.9. The Labute approximate surface area is 186 Å². The Balaban J connectivity index is 1.73. The van der Waals surface area contributed by atoms with Crippen LogP contribution in [0.5, 0.6) is 5.75 Å². The molecular weight excluding hydrogens is 392 g/mol. The van der Waals surface area contributed by atoms with Crippen molar-refractivity contribution >= 4 is 43.1 Å². The summed E-state index contributed by atoms with van der Waals surface area (Å²) in [6.07, 6.45) is 0. The van der Waals surface area contributed by atoms with Gasteiger partial charge in [-0.3, -0.25) is 0 Å². The molecule has 0 fully saturated rings. The second-order valence-corrected chi connectivity index (χ2v) is 8.08. The lowest BCUT2D eigenvalue weighted by atomic mass is 9.90. The van der Waals surface area contributed by atoms with Crippen molar-refractivity contribution in [2.24, 2.45) is 0 Å². The highest BCUT2D eigenvalue weighted by Crippen LogP contribution is 2.43.